The van der Waals surface area contributed by atoms with Crippen LogP contribution in [0.2, 0.25) is 0 Å². The van der Waals surface area contributed by atoms with Gasteiger partial charge >= 0.3 is 0 Å². The normalized spacial score (nSPS) is 17.1. The molecule has 1 atom stereocenters. The third-order valence-corrected chi connectivity index (χ3v) is 7.53. The van der Waals surface area contributed by atoms with Gasteiger partial charge in [-0.25, -0.2) is 13.1 Å². The first kappa shape index (κ1) is 24.2. The Morgan fingerprint density at radius 2 is 2.06 bits per heavy atom. The smallest absolute Gasteiger partial charge is 0.262 e. The Balaban J connectivity index is 1.74. The molecule has 1 aromatic heterocycles. The van der Waals surface area contributed by atoms with Crippen LogP contribution in [0.3, 0.4) is 0 Å². The third-order valence-electron chi connectivity index (χ3n) is 5.76. The number of para-hydroxylation sites is 1. The number of ether oxygens (including phenoxy) is 1. The summed E-state index contributed by atoms with van der Waals surface area (Å²) in [6.07, 6.45) is 3.61. The van der Waals surface area contributed by atoms with Crippen LogP contribution in [0.4, 0.5) is 0 Å². The van der Waals surface area contributed by atoms with Gasteiger partial charge in [-0.2, -0.15) is 10.4 Å². The summed E-state index contributed by atoms with van der Waals surface area (Å²) in [4.78, 5) is 12.8. The topological polar surface area (TPSA) is 114 Å². The summed E-state index contributed by atoms with van der Waals surface area (Å²) >= 11 is 0. The van der Waals surface area contributed by atoms with Crippen LogP contribution in [-0.4, -0.2) is 48.3 Å². The maximum Gasteiger partial charge on any atom is 0.262 e. The highest BCUT2D eigenvalue weighted by molar-refractivity contribution is 7.91. The third kappa shape index (κ3) is 5.61. The maximum absolute atomic E-state index is 12.8. The number of benzene rings is 2. The number of nitriles is 1. The Morgan fingerprint density at radius 1 is 1.29 bits per heavy atom. The van der Waals surface area contributed by atoms with Gasteiger partial charge in [0.2, 0.25) is 0 Å². The minimum atomic E-state index is -3.16. The fourth-order valence-electron chi connectivity index (χ4n) is 4.05. The second kappa shape index (κ2) is 10.2. The second-order valence-electron chi connectivity index (χ2n) is 8.37. The number of hydrogen-bond donors (Lipinski definition) is 1. The van der Waals surface area contributed by atoms with E-state index in [9.17, 15) is 18.5 Å². The zero-order valence-corrected chi connectivity index (χ0v) is 20.4. The first-order chi connectivity index (χ1) is 16.8. The van der Waals surface area contributed by atoms with Gasteiger partial charge in [0, 0.05) is 23.4 Å². The minimum Gasteiger partial charge on any atom is -0.494 e. The van der Waals surface area contributed by atoms with Crippen LogP contribution in [0.5, 0.6) is 5.75 Å². The summed E-state index contributed by atoms with van der Waals surface area (Å²) in [6.45, 7) is 4.42. The molecule has 1 N–H and O–H groups in total. The summed E-state index contributed by atoms with van der Waals surface area (Å²) in [7, 11) is -3.16. The van der Waals surface area contributed by atoms with E-state index in [0.717, 1.165) is 22.6 Å². The van der Waals surface area contributed by atoms with E-state index in [2.05, 4.69) is 5.32 Å². The number of hydrogen-bond acceptors (Lipinski definition) is 6. The molecule has 35 heavy (non-hydrogen) atoms. The van der Waals surface area contributed by atoms with E-state index >= 15 is 0 Å². The zero-order valence-electron chi connectivity index (χ0n) is 19.6. The van der Waals surface area contributed by atoms with Gasteiger partial charge in [0.1, 0.15) is 23.1 Å². The molecule has 0 radical (unpaired) electrons. The molecule has 0 spiro atoms. The first-order valence-electron chi connectivity index (χ1n) is 11.3. The van der Waals surface area contributed by atoms with Crippen molar-refractivity contribution in [3.05, 3.63) is 71.4 Å². The van der Waals surface area contributed by atoms with Gasteiger partial charge < -0.3 is 10.1 Å². The van der Waals surface area contributed by atoms with Crippen LogP contribution >= 0.6 is 0 Å². The summed E-state index contributed by atoms with van der Waals surface area (Å²) in [5.74, 6) is 0.0718. The van der Waals surface area contributed by atoms with E-state index in [4.69, 9.17) is 9.84 Å². The molecule has 3 aromatic rings. The SMILES string of the molecule is CCOc1ccc(-c2nn(-c3ccccc3)cc2/C=C(/C#N)C(=O)NC2CCS(=O)(=O)C2)c(C)c1. The van der Waals surface area contributed by atoms with Gasteiger partial charge in [0.25, 0.3) is 5.91 Å². The highest BCUT2D eigenvalue weighted by atomic mass is 32.2. The maximum atomic E-state index is 12.8. The minimum absolute atomic E-state index is 0.0363. The van der Waals surface area contributed by atoms with Crippen molar-refractivity contribution < 1.29 is 17.9 Å². The number of carbonyl (C=O) groups is 1. The van der Waals surface area contributed by atoms with Crippen molar-refractivity contribution in [1.82, 2.24) is 15.1 Å². The van der Waals surface area contributed by atoms with Crippen molar-refractivity contribution in [2.24, 2.45) is 0 Å². The molecule has 1 fully saturated rings. The monoisotopic (exact) mass is 490 g/mol. The molecule has 1 aliphatic heterocycles. The molecule has 0 aliphatic carbocycles. The molecule has 4 rings (SSSR count). The van der Waals surface area contributed by atoms with Gasteiger partial charge in [-0.15, -0.1) is 0 Å². The van der Waals surface area contributed by atoms with Gasteiger partial charge in [0.15, 0.2) is 9.84 Å². The summed E-state index contributed by atoms with van der Waals surface area (Å²) in [6, 6.07) is 16.7. The van der Waals surface area contributed by atoms with Crippen molar-refractivity contribution in [3.63, 3.8) is 0 Å². The van der Waals surface area contributed by atoms with Crippen LogP contribution in [0.1, 0.15) is 24.5 Å². The largest absolute Gasteiger partial charge is 0.494 e. The number of nitrogens with zero attached hydrogens (tertiary/aromatic N) is 3. The van der Waals surface area contributed by atoms with Crippen molar-refractivity contribution >= 4 is 21.8 Å². The molecule has 2 aromatic carbocycles. The number of carbonyl (C=O) groups excluding carboxylic acids is 1. The number of sulfone groups is 1. The summed E-state index contributed by atoms with van der Waals surface area (Å²) < 4.78 is 30.8. The van der Waals surface area contributed by atoms with E-state index in [0.29, 0.717) is 24.3 Å². The van der Waals surface area contributed by atoms with Crippen LogP contribution in [0.25, 0.3) is 23.0 Å². The van der Waals surface area contributed by atoms with Gasteiger partial charge in [0.05, 0.1) is 23.8 Å². The second-order valence-corrected chi connectivity index (χ2v) is 10.6. The zero-order chi connectivity index (χ0) is 25.0. The summed E-state index contributed by atoms with van der Waals surface area (Å²) in [5.41, 5.74) is 3.69. The predicted octanol–water partition coefficient (Wildman–Crippen LogP) is 3.46. The number of aryl methyl sites for hydroxylation is 1. The number of amides is 1. The van der Waals surface area contributed by atoms with E-state index in [1.165, 1.54) is 6.08 Å². The lowest BCUT2D eigenvalue weighted by molar-refractivity contribution is -0.117. The molecular formula is C26H26N4O4S. The average molecular weight is 491 g/mol. The molecule has 1 amide bonds. The fourth-order valence-corrected chi connectivity index (χ4v) is 5.72. The van der Waals surface area contributed by atoms with Crippen LogP contribution in [0.15, 0.2) is 60.3 Å². The Morgan fingerprint density at radius 3 is 2.69 bits per heavy atom. The lowest BCUT2D eigenvalue weighted by Crippen LogP contribution is -2.36. The Hall–Kier alpha value is -3.90. The van der Waals surface area contributed by atoms with Crippen molar-refractivity contribution in [3.8, 4) is 28.8 Å². The Labute approximate surface area is 204 Å². The lowest BCUT2D eigenvalue weighted by atomic mass is 10.0. The highest BCUT2D eigenvalue weighted by Gasteiger charge is 2.29. The van der Waals surface area contributed by atoms with Gasteiger partial charge in [-0.05, 0) is 62.2 Å². The molecule has 0 saturated carbocycles. The predicted molar refractivity (Wildman–Crippen MR) is 134 cm³/mol. The van der Waals surface area contributed by atoms with E-state index in [1.54, 1.807) is 10.9 Å². The highest BCUT2D eigenvalue weighted by Crippen LogP contribution is 2.31. The van der Waals surface area contributed by atoms with Crippen molar-refractivity contribution in [2.75, 3.05) is 18.1 Å². The van der Waals surface area contributed by atoms with Gasteiger partial charge in [-0.3, -0.25) is 4.79 Å². The van der Waals surface area contributed by atoms with Gasteiger partial charge in [-0.1, -0.05) is 18.2 Å². The van der Waals surface area contributed by atoms with Crippen molar-refractivity contribution in [1.29, 1.82) is 5.26 Å². The quantitative estimate of drug-likeness (QED) is 0.401. The van der Waals surface area contributed by atoms with Crippen molar-refractivity contribution in [2.45, 2.75) is 26.3 Å². The molecule has 1 saturated heterocycles. The summed E-state index contributed by atoms with van der Waals surface area (Å²) in [5, 5.41) is 17.2. The van der Waals surface area contributed by atoms with Crippen LogP contribution in [0, 0.1) is 18.3 Å². The molecule has 1 aliphatic rings. The average Bonchev–Trinajstić information content (AvgIpc) is 3.40. The fraction of sp³-hybridized carbons (Fsp3) is 0.269. The number of nitrogens with one attached hydrogen (secondary N) is 1. The standard InChI is InChI=1S/C26H26N4O4S/c1-3-34-23-9-10-24(18(2)13-23)25-20(16-30(29-25)22-7-5-4-6-8-22)14-19(15-27)26(31)28-21-11-12-35(32,33)17-21/h4-10,13-14,16,21H,3,11-12,17H2,1-2H3,(H,28,31)/b19-14-. The molecule has 2 heterocycles. The molecule has 8 nitrogen and oxygen atoms in total. The number of aromatic nitrogens is 2. The van der Waals surface area contributed by atoms with Crippen LogP contribution < -0.4 is 10.1 Å². The Bertz CT molecular complexity index is 1420. The molecule has 9 heteroatoms. The van der Waals surface area contributed by atoms with E-state index in [1.807, 2.05) is 68.4 Å². The lowest BCUT2D eigenvalue weighted by Gasteiger charge is -2.10. The molecule has 1 unspecified atom stereocenters. The number of rotatable bonds is 7. The van der Waals surface area contributed by atoms with E-state index < -0.39 is 21.8 Å². The molecule has 0 bridgehead atoms. The van der Waals surface area contributed by atoms with E-state index in [-0.39, 0.29) is 17.1 Å². The molecule has 180 valence electrons. The van der Waals surface area contributed by atoms with Crippen LogP contribution in [-0.2, 0) is 14.6 Å². The molecular weight excluding hydrogens is 464 g/mol. The Kier molecular flexibility index (Phi) is 7.03. The first-order valence-corrected chi connectivity index (χ1v) is 13.1.